The molecule has 0 bridgehead atoms. The number of phenols is 1. The molecule has 9 nitrogen and oxygen atoms in total. The second-order valence-corrected chi connectivity index (χ2v) is 10.3. The van der Waals surface area contributed by atoms with E-state index in [0.29, 0.717) is 71.4 Å². The molecule has 2 aromatic rings. The molecule has 4 atom stereocenters. The number of rotatable bonds is 19. The average molecular weight is 561 g/mol. The van der Waals surface area contributed by atoms with Crippen molar-refractivity contribution in [2.45, 2.75) is 63.6 Å². The van der Waals surface area contributed by atoms with Gasteiger partial charge in [-0.1, -0.05) is 30.3 Å². The summed E-state index contributed by atoms with van der Waals surface area (Å²) in [5, 5.41) is 26.8. The maximum absolute atomic E-state index is 10.3. The van der Waals surface area contributed by atoms with E-state index in [1.807, 2.05) is 12.1 Å². The Labute approximate surface area is 239 Å². The highest BCUT2D eigenvalue weighted by Gasteiger charge is 2.36. The average Bonchev–Trinajstić information content (AvgIpc) is 2.95. The molecule has 4 N–H and O–H groups in total. The molecule has 3 rings (SSSR count). The Morgan fingerprint density at radius 2 is 1.57 bits per heavy atom. The predicted octanol–water partition coefficient (Wildman–Crippen LogP) is 3.82. The fourth-order valence-electron chi connectivity index (χ4n) is 4.79. The fraction of sp³-hybridized carbons (Fsp3) is 0.613. The van der Waals surface area contributed by atoms with Gasteiger partial charge in [-0.2, -0.15) is 0 Å². The van der Waals surface area contributed by atoms with Crippen molar-refractivity contribution in [3.05, 3.63) is 59.2 Å². The van der Waals surface area contributed by atoms with Crippen LogP contribution in [0.25, 0.3) is 0 Å². The Balaban J connectivity index is 1.67. The van der Waals surface area contributed by atoms with E-state index in [1.165, 1.54) is 0 Å². The molecule has 0 radical (unpaired) electrons. The normalized spacial score (nSPS) is 19.9. The van der Waals surface area contributed by atoms with Gasteiger partial charge in [0.25, 0.3) is 0 Å². The first-order chi connectivity index (χ1) is 19.5. The Morgan fingerprint density at radius 1 is 0.875 bits per heavy atom. The zero-order valence-electron chi connectivity index (χ0n) is 24.3. The highest BCUT2D eigenvalue weighted by Crippen LogP contribution is 2.32. The fourth-order valence-corrected chi connectivity index (χ4v) is 4.79. The van der Waals surface area contributed by atoms with Crippen LogP contribution in [0.5, 0.6) is 5.75 Å². The summed E-state index contributed by atoms with van der Waals surface area (Å²) in [5.74, 6) is 0.239. The van der Waals surface area contributed by atoms with Gasteiger partial charge in [-0.3, -0.25) is 0 Å². The van der Waals surface area contributed by atoms with Crippen molar-refractivity contribution < 1.29 is 33.9 Å². The van der Waals surface area contributed by atoms with Crippen molar-refractivity contribution >= 4 is 5.69 Å². The van der Waals surface area contributed by atoms with E-state index < -0.39 is 6.10 Å². The summed E-state index contributed by atoms with van der Waals surface area (Å²) in [6.07, 6.45) is 1.70. The number of benzene rings is 2. The number of aliphatic hydroxyl groups excluding tert-OH is 1. The van der Waals surface area contributed by atoms with Crippen LogP contribution in [0.15, 0.2) is 42.5 Å². The van der Waals surface area contributed by atoms with Crippen molar-refractivity contribution in [3.63, 3.8) is 0 Å². The zero-order valence-corrected chi connectivity index (χ0v) is 24.3. The molecule has 0 aliphatic carbocycles. The zero-order chi connectivity index (χ0) is 28.6. The highest BCUT2D eigenvalue weighted by atomic mass is 16.5. The van der Waals surface area contributed by atoms with Crippen molar-refractivity contribution in [2.75, 3.05) is 65.6 Å². The third-order valence-electron chi connectivity index (χ3n) is 7.00. The number of piperidine rings is 1. The lowest BCUT2D eigenvalue weighted by atomic mass is 9.85. The van der Waals surface area contributed by atoms with Gasteiger partial charge in [-0.25, -0.2) is 0 Å². The first-order valence-electron chi connectivity index (χ1n) is 14.3. The quantitative estimate of drug-likeness (QED) is 0.151. The van der Waals surface area contributed by atoms with Gasteiger partial charge in [-0.15, -0.1) is 0 Å². The van der Waals surface area contributed by atoms with Gasteiger partial charge in [-0.05, 0) is 55.0 Å². The lowest BCUT2D eigenvalue weighted by Gasteiger charge is -2.39. The Hall–Kier alpha value is -2.24. The number of hydrogen-bond acceptors (Lipinski definition) is 9. The number of aromatic hydroxyl groups is 1. The number of methoxy groups -OCH3 is 2. The van der Waals surface area contributed by atoms with E-state index in [0.717, 1.165) is 29.5 Å². The maximum atomic E-state index is 10.3. The van der Waals surface area contributed by atoms with Crippen LogP contribution in [-0.2, 0) is 36.9 Å². The lowest BCUT2D eigenvalue weighted by Crippen LogP contribution is -2.50. The summed E-state index contributed by atoms with van der Waals surface area (Å²) in [6, 6.07) is 14.0. The van der Waals surface area contributed by atoms with Crippen LogP contribution < -0.4 is 10.6 Å². The van der Waals surface area contributed by atoms with E-state index in [1.54, 1.807) is 27.2 Å². The Kier molecular flexibility index (Phi) is 14.7. The molecule has 1 heterocycles. The van der Waals surface area contributed by atoms with Gasteiger partial charge in [0.1, 0.15) is 5.75 Å². The first-order valence-corrected chi connectivity index (χ1v) is 14.3. The summed E-state index contributed by atoms with van der Waals surface area (Å²) >= 11 is 0. The first kappa shape index (κ1) is 32.3. The topological polar surface area (TPSA) is 111 Å². The molecule has 1 fully saturated rings. The molecule has 224 valence electrons. The summed E-state index contributed by atoms with van der Waals surface area (Å²) in [5.41, 5.74) is 3.94. The van der Waals surface area contributed by atoms with E-state index in [2.05, 4.69) is 34.9 Å². The van der Waals surface area contributed by atoms with Crippen LogP contribution in [0.2, 0.25) is 0 Å². The van der Waals surface area contributed by atoms with E-state index in [-0.39, 0.29) is 23.9 Å². The predicted molar refractivity (Wildman–Crippen MR) is 156 cm³/mol. The molecule has 2 aromatic carbocycles. The minimum absolute atomic E-state index is 0.0238. The standard InChI is InChI=1S/C31H48N2O7/c1-23(34)12-17-39-29-19-32-20-30(31(29)26-9-6-24(7-10-26)21-38-16-5-15-37-3)40-22-25-8-11-28(35)27(18-25)33-13-4-14-36-2/h6-11,18,23,29-35H,4-5,12-17,19-22H2,1-3H3/t23-,29+,30-,31-/m0/s1. The second kappa shape index (κ2) is 18.2. The SMILES string of the molecule is COCCCNc1cc(CO[C@H]2CNC[C@@H](OCC[C@H](C)O)[C@@H]2c2ccc(COCCCOC)cc2)ccc1O. The summed E-state index contributed by atoms with van der Waals surface area (Å²) in [4.78, 5) is 0. The second-order valence-electron chi connectivity index (χ2n) is 10.3. The molecule has 0 aromatic heterocycles. The minimum Gasteiger partial charge on any atom is -0.506 e. The number of nitrogens with one attached hydrogen (secondary N) is 2. The number of phenolic OH excluding ortho intramolecular Hbond substituents is 1. The molecular weight excluding hydrogens is 512 g/mol. The van der Waals surface area contributed by atoms with Gasteiger partial charge in [0.15, 0.2) is 0 Å². The summed E-state index contributed by atoms with van der Waals surface area (Å²) in [6.45, 7) is 7.38. The van der Waals surface area contributed by atoms with E-state index in [9.17, 15) is 10.2 Å². The van der Waals surface area contributed by atoms with Crippen molar-refractivity contribution in [1.82, 2.24) is 5.32 Å². The van der Waals surface area contributed by atoms with Crippen molar-refractivity contribution in [2.24, 2.45) is 0 Å². The molecule has 0 unspecified atom stereocenters. The molecule has 0 spiro atoms. The molecule has 0 amide bonds. The number of anilines is 1. The molecule has 9 heteroatoms. The molecular formula is C31H48N2O7. The van der Waals surface area contributed by atoms with Crippen LogP contribution in [0.4, 0.5) is 5.69 Å². The van der Waals surface area contributed by atoms with E-state index >= 15 is 0 Å². The van der Waals surface area contributed by atoms with Crippen molar-refractivity contribution in [1.29, 1.82) is 0 Å². The minimum atomic E-state index is -0.406. The Morgan fingerprint density at radius 3 is 2.30 bits per heavy atom. The van der Waals surface area contributed by atoms with Gasteiger partial charge in [0.05, 0.1) is 37.2 Å². The van der Waals surface area contributed by atoms with Crippen LogP contribution in [0, 0.1) is 0 Å². The monoisotopic (exact) mass is 560 g/mol. The van der Waals surface area contributed by atoms with Crippen LogP contribution in [0.1, 0.15) is 48.8 Å². The van der Waals surface area contributed by atoms with Crippen LogP contribution in [0.3, 0.4) is 0 Å². The van der Waals surface area contributed by atoms with Gasteiger partial charge < -0.3 is 44.5 Å². The molecule has 1 aliphatic rings. The highest BCUT2D eigenvalue weighted by molar-refractivity contribution is 5.57. The molecule has 0 saturated carbocycles. The number of ether oxygens (including phenoxy) is 5. The molecule has 40 heavy (non-hydrogen) atoms. The summed E-state index contributed by atoms with van der Waals surface area (Å²) < 4.78 is 28.7. The number of hydrogen-bond donors (Lipinski definition) is 4. The number of aliphatic hydroxyl groups is 1. The largest absolute Gasteiger partial charge is 0.506 e. The van der Waals surface area contributed by atoms with Crippen molar-refractivity contribution in [3.8, 4) is 5.75 Å². The Bertz CT molecular complexity index is 957. The van der Waals surface area contributed by atoms with Gasteiger partial charge >= 0.3 is 0 Å². The lowest BCUT2D eigenvalue weighted by molar-refractivity contribution is -0.0639. The smallest absolute Gasteiger partial charge is 0.138 e. The third-order valence-corrected chi connectivity index (χ3v) is 7.00. The molecule has 1 aliphatic heterocycles. The van der Waals surface area contributed by atoms with Crippen LogP contribution >= 0.6 is 0 Å². The van der Waals surface area contributed by atoms with Gasteiger partial charge in [0.2, 0.25) is 0 Å². The van der Waals surface area contributed by atoms with E-state index in [4.69, 9.17) is 23.7 Å². The molecule has 1 saturated heterocycles. The maximum Gasteiger partial charge on any atom is 0.138 e. The third kappa shape index (κ3) is 11.0. The van der Waals surface area contributed by atoms with Gasteiger partial charge in [0, 0.05) is 66.2 Å². The van der Waals surface area contributed by atoms with Crippen LogP contribution in [-0.4, -0.2) is 88.8 Å². The summed E-state index contributed by atoms with van der Waals surface area (Å²) in [7, 11) is 3.38.